The molecule has 0 heterocycles. The van der Waals surface area contributed by atoms with Crippen molar-refractivity contribution in [2.75, 3.05) is 6.61 Å². The van der Waals surface area contributed by atoms with Crippen LogP contribution in [0, 0.1) is 0 Å². The fourth-order valence-electron chi connectivity index (χ4n) is 3.30. The van der Waals surface area contributed by atoms with Gasteiger partial charge in [-0.25, -0.2) is 9.59 Å². The molecule has 3 rings (SSSR count). The summed E-state index contributed by atoms with van der Waals surface area (Å²) in [6.45, 7) is 1.48. The van der Waals surface area contributed by atoms with E-state index in [1.807, 2.05) is 48.5 Å². The number of aliphatic carboxylic acids is 1. The Morgan fingerprint density at radius 2 is 1.74 bits per heavy atom. The van der Waals surface area contributed by atoms with Crippen LogP contribution in [0.4, 0.5) is 4.79 Å². The van der Waals surface area contributed by atoms with E-state index in [1.54, 1.807) is 0 Å². The molecule has 0 aromatic heterocycles. The summed E-state index contributed by atoms with van der Waals surface area (Å²) in [7, 11) is 0. The lowest BCUT2D eigenvalue weighted by atomic mass is 9.98. The van der Waals surface area contributed by atoms with Gasteiger partial charge in [-0.3, -0.25) is 0 Å². The number of carbonyl (C=O) groups excluding carboxylic acids is 1. The first kappa shape index (κ1) is 18.3. The normalized spacial score (nSPS) is 14.3. The van der Waals surface area contributed by atoms with Gasteiger partial charge in [-0.1, -0.05) is 60.6 Å². The summed E-state index contributed by atoms with van der Waals surface area (Å²) in [4.78, 5) is 26.0. The summed E-state index contributed by atoms with van der Waals surface area (Å²) in [6, 6.07) is 13.5. The van der Waals surface area contributed by atoms with E-state index >= 15 is 0 Å². The first-order valence-electron chi connectivity index (χ1n) is 8.41. The van der Waals surface area contributed by atoms with E-state index in [-0.39, 0.29) is 12.5 Å². The molecule has 0 saturated heterocycles. The van der Waals surface area contributed by atoms with Gasteiger partial charge in [0.15, 0.2) is 0 Å². The number of carbonyl (C=O) groups is 2. The van der Waals surface area contributed by atoms with Crippen LogP contribution in [-0.4, -0.2) is 35.9 Å². The van der Waals surface area contributed by atoms with E-state index in [9.17, 15) is 14.7 Å². The number of azide groups is 1. The van der Waals surface area contributed by atoms with Crippen LogP contribution in [0.2, 0.25) is 0 Å². The second kappa shape index (κ2) is 7.80. The number of hydrogen-bond acceptors (Lipinski definition) is 4. The smallest absolute Gasteiger partial charge is 0.407 e. The topological polar surface area (TPSA) is 124 Å². The van der Waals surface area contributed by atoms with Crippen LogP contribution in [0.5, 0.6) is 0 Å². The summed E-state index contributed by atoms with van der Waals surface area (Å²) in [5.74, 6) is -1.43. The minimum absolute atomic E-state index is 0.0715. The van der Waals surface area contributed by atoms with E-state index in [0.717, 1.165) is 22.3 Å². The molecule has 2 aromatic rings. The Labute approximate surface area is 155 Å². The second-order valence-electron chi connectivity index (χ2n) is 6.23. The number of benzene rings is 2. The van der Waals surface area contributed by atoms with Crippen molar-refractivity contribution < 1.29 is 19.4 Å². The summed E-state index contributed by atoms with van der Waals surface area (Å²) in [5.41, 5.74) is 12.8. The largest absolute Gasteiger partial charge is 0.480 e. The SMILES string of the molecule is C[C@H](N=[N+]=[N-])[C@H](NC(=O)OCC1c2ccccc2-c2ccccc21)C(=O)O. The van der Waals surface area contributed by atoms with Gasteiger partial charge in [-0.15, -0.1) is 0 Å². The third-order valence-electron chi connectivity index (χ3n) is 4.60. The van der Waals surface area contributed by atoms with Gasteiger partial charge in [0.2, 0.25) is 0 Å². The van der Waals surface area contributed by atoms with Crippen molar-refractivity contribution in [3.05, 3.63) is 70.1 Å². The van der Waals surface area contributed by atoms with Gasteiger partial charge in [0.25, 0.3) is 0 Å². The molecule has 1 amide bonds. The number of carboxylic acid groups (broad SMARTS) is 1. The fraction of sp³-hybridized carbons (Fsp3) is 0.263. The Hall–Kier alpha value is -3.51. The maximum Gasteiger partial charge on any atom is 0.407 e. The van der Waals surface area contributed by atoms with Crippen LogP contribution in [0.25, 0.3) is 21.6 Å². The highest BCUT2D eigenvalue weighted by Gasteiger charge is 2.30. The summed E-state index contributed by atoms with van der Waals surface area (Å²) in [5, 5.41) is 14.8. The van der Waals surface area contributed by atoms with Crippen LogP contribution >= 0.6 is 0 Å². The molecule has 0 fully saturated rings. The average molecular weight is 366 g/mol. The molecule has 2 aromatic carbocycles. The van der Waals surface area contributed by atoms with E-state index in [1.165, 1.54) is 6.92 Å². The lowest BCUT2D eigenvalue weighted by molar-refractivity contribution is -0.139. The molecule has 1 aliphatic rings. The number of fused-ring (bicyclic) bond motifs is 3. The molecule has 0 radical (unpaired) electrons. The van der Waals surface area contributed by atoms with E-state index in [2.05, 4.69) is 15.3 Å². The van der Waals surface area contributed by atoms with Crippen LogP contribution < -0.4 is 5.32 Å². The van der Waals surface area contributed by atoms with Crippen molar-refractivity contribution in [1.29, 1.82) is 0 Å². The molecule has 27 heavy (non-hydrogen) atoms. The van der Waals surface area contributed by atoms with Crippen LogP contribution in [-0.2, 0) is 9.53 Å². The highest BCUT2D eigenvalue weighted by molar-refractivity contribution is 5.81. The minimum atomic E-state index is -1.36. The molecule has 0 aliphatic heterocycles. The van der Waals surface area contributed by atoms with Crippen molar-refractivity contribution in [1.82, 2.24) is 5.32 Å². The molecule has 0 unspecified atom stereocenters. The fourth-order valence-corrected chi connectivity index (χ4v) is 3.30. The zero-order chi connectivity index (χ0) is 19.4. The number of carboxylic acids is 1. The van der Waals surface area contributed by atoms with Crippen molar-refractivity contribution in [2.24, 2.45) is 5.11 Å². The first-order chi connectivity index (χ1) is 13.0. The van der Waals surface area contributed by atoms with Crippen molar-refractivity contribution in [3.63, 3.8) is 0 Å². The predicted molar refractivity (Wildman–Crippen MR) is 98.2 cm³/mol. The number of nitrogens with zero attached hydrogens (tertiary/aromatic N) is 3. The Morgan fingerprint density at radius 1 is 1.19 bits per heavy atom. The Kier molecular flexibility index (Phi) is 5.28. The van der Waals surface area contributed by atoms with Gasteiger partial charge >= 0.3 is 12.1 Å². The van der Waals surface area contributed by atoms with Gasteiger partial charge in [-0.05, 0) is 27.8 Å². The summed E-state index contributed by atoms with van der Waals surface area (Å²) in [6.07, 6.45) is -0.871. The molecule has 138 valence electrons. The Bertz CT molecular complexity index is 878. The highest BCUT2D eigenvalue weighted by Crippen LogP contribution is 2.44. The maximum atomic E-state index is 12.1. The van der Waals surface area contributed by atoms with Gasteiger partial charge in [0.1, 0.15) is 12.6 Å². The predicted octanol–water partition coefficient (Wildman–Crippen LogP) is 3.68. The number of amides is 1. The highest BCUT2D eigenvalue weighted by atomic mass is 16.5. The quantitative estimate of drug-likeness (QED) is 0.459. The van der Waals surface area contributed by atoms with Crippen molar-refractivity contribution in [3.8, 4) is 11.1 Å². The average Bonchev–Trinajstić information content (AvgIpc) is 2.98. The number of hydrogen-bond donors (Lipinski definition) is 2. The van der Waals surface area contributed by atoms with Crippen LogP contribution in [0.3, 0.4) is 0 Å². The standard InChI is InChI=1S/C19H18N4O4/c1-11(22-23-20)17(18(24)25)21-19(26)27-10-16-14-8-4-2-6-12(14)13-7-3-5-9-15(13)16/h2-9,11,16-17H,10H2,1H3,(H,21,26)(H,24,25)/t11-,17-/m0/s1. The number of alkyl carbamates (subject to hydrolysis) is 1. The summed E-state index contributed by atoms with van der Waals surface area (Å²) >= 11 is 0. The Morgan fingerprint density at radius 3 is 2.26 bits per heavy atom. The first-order valence-corrected chi connectivity index (χ1v) is 8.41. The third kappa shape index (κ3) is 3.70. The van der Waals surface area contributed by atoms with Crippen molar-refractivity contribution >= 4 is 12.1 Å². The maximum absolute atomic E-state index is 12.1. The van der Waals surface area contributed by atoms with Gasteiger partial charge < -0.3 is 15.2 Å². The molecule has 2 atom stereocenters. The minimum Gasteiger partial charge on any atom is -0.480 e. The van der Waals surface area contributed by atoms with Gasteiger partial charge in [-0.2, -0.15) is 0 Å². The van der Waals surface area contributed by atoms with Crippen molar-refractivity contribution in [2.45, 2.75) is 24.9 Å². The van der Waals surface area contributed by atoms with Gasteiger partial charge in [0.05, 0.1) is 6.04 Å². The lowest BCUT2D eigenvalue weighted by Crippen LogP contribution is -2.47. The second-order valence-corrected chi connectivity index (χ2v) is 6.23. The number of nitrogens with one attached hydrogen (secondary N) is 1. The zero-order valence-corrected chi connectivity index (χ0v) is 14.6. The van der Waals surface area contributed by atoms with Crippen LogP contribution in [0.15, 0.2) is 53.6 Å². The lowest BCUT2D eigenvalue weighted by Gasteiger charge is -2.19. The van der Waals surface area contributed by atoms with Gasteiger partial charge in [0, 0.05) is 10.8 Å². The molecular formula is C19H18N4O4. The van der Waals surface area contributed by atoms with E-state index in [0.29, 0.717) is 0 Å². The molecule has 1 aliphatic carbocycles. The molecule has 2 N–H and O–H groups in total. The van der Waals surface area contributed by atoms with E-state index in [4.69, 9.17) is 10.3 Å². The molecule has 0 bridgehead atoms. The molecular weight excluding hydrogens is 348 g/mol. The summed E-state index contributed by atoms with van der Waals surface area (Å²) < 4.78 is 5.30. The molecule has 8 heteroatoms. The zero-order valence-electron chi connectivity index (χ0n) is 14.6. The molecule has 0 spiro atoms. The Balaban J connectivity index is 1.72. The number of ether oxygens (including phenoxy) is 1. The number of rotatable bonds is 6. The monoisotopic (exact) mass is 366 g/mol. The molecule has 0 saturated carbocycles. The van der Waals surface area contributed by atoms with E-state index < -0.39 is 24.1 Å². The third-order valence-corrected chi connectivity index (χ3v) is 4.60. The molecule has 8 nitrogen and oxygen atoms in total. The van der Waals surface area contributed by atoms with Crippen LogP contribution in [0.1, 0.15) is 24.0 Å².